The van der Waals surface area contributed by atoms with Crippen LogP contribution in [0.1, 0.15) is 16.8 Å². The first-order valence-electron chi connectivity index (χ1n) is 4.57. The van der Waals surface area contributed by atoms with E-state index in [9.17, 15) is 4.79 Å². The zero-order valence-electron chi connectivity index (χ0n) is 8.20. The summed E-state index contributed by atoms with van der Waals surface area (Å²) >= 11 is 5.78. The van der Waals surface area contributed by atoms with Gasteiger partial charge in [0.25, 0.3) is 5.91 Å². The number of carbonyl (C=O) groups is 1. The highest BCUT2D eigenvalue weighted by atomic mass is 35.5. The van der Waals surface area contributed by atoms with Gasteiger partial charge < -0.3 is 16.2 Å². The number of carbonyl (C=O) groups excluding carboxylic acids is 1. The molecular weight excluding hydrogens is 216 g/mol. The molecule has 0 radical (unpaired) electrons. The minimum atomic E-state index is -0.533. The van der Waals surface area contributed by atoms with E-state index in [4.69, 9.17) is 27.8 Å². The summed E-state index contributed by atoms with van der Waals surface area (Å²) in [6, 6.07) is 4.71. The number of benzene rings is 1. The lowest BCUT2D eigenvalue weighted by Gasteiger charge is -2.09. The maximum absolute atomic E-state index is 11.0. The molecule has 0 aliphatic rings. The molecule has 0 atom stereocenters. The van der Waals surface area contributed by atoms with Gasteiger partial charge in [-0.15, -0.1) is 0 Å². The normalized spacial score (nSPS) is 10.0. The molecule has 1 aromatic rings. The number of primary amides is 1. The SMILES string of the molecule is NCCCOc1cc(Cl)ccc1C(N)=O. The largest absolute Gasteiger partial charge is 0.493 e. The first kappa shape index (κ1) is 11.8. The number of halogens is 1. The van der Waals surface area contributed by atoms with Gasteiger partial charge in [-0.2, -0.15) is 0 Å². The van der Waals surface area contributed by atoms with Crippen molar-refractivity contribution in [3.63, 3.8) is 0 Å². The van der Waals surface area contributed by atoms with Crippen LogP contribution < -0.4 is 16.2 Å². The fourth-order valence-electron chi connectivity index (χ4n) is 1.08. The Morgan fingerprint density at radius 1 is 1.47 bits per heavy atom. The maximum atomic E-state index is 11.0. The maximum Gasteiger partial charge on any atom is 0.252 e. The van der Waals surface area contributed by atoms with Crippen LogP contribution in [-0.4, -0.2) is 19.1 Å². The van der Waals surface area contributed by atoms with E-state index in [0.29, 0.717) is 35.9 Å². The number of nitrogens with two attached hydrogens (primary N) is 2. The summed E-state index contributed by atoms with van der Waals surface area (Å²) in [7, 11) is 0. The van der Waals surface area contributed by atoms with Crippen molar-refractivity contribution in [3.05, 3.63) is 28.8 Å². The van der Waals surface area contributed by atoms with Gasteiger partial charge in [-0.05, 0) is 31.2 Å². The number of hydrogen-bond acceptors (Lipinski definition) is 3. The van der Waals surface area contributed by atoms with E-state index in [-0.39, 0.29) is 0 Å². The molecule has 1 rings (SSSR count). The number of amides is 1. The molecule has 4 N–H and O–H groups in total. The van der Waals surface area contributed by atoms with Crippen molar-refractivity contribution in [2.45, 2.75) is 6.42 Å². The van der Waals surface area contributed by atoms with Gasteiger partial charge in [-0.3, -0.25) is 4.79 Å². The molecule has 0 aromatic heterocycles. The molecule has 0 fully saturated rings. The predicted molar refractivity (Wildman–Crippen MR) is 59.1 cm³/mol. The lowest BCUT2D eigenvalue weighted by atomic mass is 10.2. The van der Waals surface area contributed by atoms with Gasteiger partial charge in [0.1, 0.15) is 5.75 Å². The molecule has 0 bridgehead atoms. The van der Waals surface area contributed by atoms with Gasteiger partial charge in [-0.25, -0.2) is 0 Å². The predicted octanol–water partition coefficient (Wildman–Crippen LogP) is 1.17. The lowest BCUT2D eigenvalue weighted by molar-refractivity contribution is 0.0996. The number of ether oxygens (including phenoxy) is 1. The Bertz CT molecular complexity index is 355. The van der Waals surface area contributed by atoms with E-state index < -0.39 is 5.91 Å². The van der Waals surface area contributed by atoms with E-state index in [1.54, 1.807) is 18.2 Å². The summed E-state index contributed by atoms with van der Waals surface area (Å²) < 4.78 is 5.35. The zero-order valence-corrected chi connectivity index (χ0v) is 8.96. The first-order chi connectivity index (χ1) is 7.15. The standard InChI is InChI=1S/C10H13ClN2O2/c11-7-2-3-8(10(13)14)9(6-7)15-5-1-4-12/h2-3,6H,1,4-5,12H2,(H2,13,14). The molecule has 0 aliphatic carbocycles. The molecule has 0 heterocycles. The molecule has 1 amide bonds. The second-order valence-electron chi connectivity index (χ2n) is 3.00. The smallest absolute Gasteiger partial charge is 0.252 e. The van der Waals surface area contributed by atoms with Gasteiger partial charge in [-0.1, -0.05) is 11.6 Å². The molecule has 0 unspecified atom stereocenters. The fraction of sp³-hybridized carbons (Fsp3) is 0.300. The highest BCUT2D eigenvalue weighted by Crippen LogP contribution is 2.23. The molecule has 15 heavy (non-hydrogen) atoms. The highest BCUT2D eigenvalue weighted by molar-refractivity contribution is 6.30. The second kappa shape index (κ2) is 5.58. The molecule has 82 valence electrons. The van der Waals surface area contributed by atoms with Gasteiger partial charge in [0.05, 0.1) is 12.2 Å². The Labute approximate surface area is 93.1 Å². The van der Waals surface area contributed by atoms with Crippen LogP contribution in [0.25, 0.3) is 0 Å². The fourth-order valence-corrected chi connectivity index (χ4v) is 1.25. The van der Waals surface area contributed by atoms with E-state index in [2.05, 4.69) is 0 Å². The van der Waals surface area contributed by atoms with Gasteiger partial charge in [0.15, 0.2) is 0 Å². The molecule has 0 spiro atoms. The van der Waals surface area contributed by atoms with Gasteiger partial charge in [0.2, 0.25) is 0 Å². The van der Waals surface area contributed by atoms with Crippen LogP contribution >= 0.6 is 11.6 Å². The average molecular weight is 229 g/mol. The van der Waals surface area contributed by atoms with Crippen LogP contribution in [0.2, 0.25) is 5.02 Å². The Morgan fingerprint density at radius 2 is 2.20 bits per heavy atom. The zero-order chi connectivity index (χ0) is 11.3. The van der Waals surface area contributed by atoms with E-state index in [0.717, 1.165) is 0 Å². The quantitative estimate of drug-likeness (QED) is 0.743. The second-order valence-corrected chi connectivity index (χ2v) is 3.43. The third kappa shape index (κ3) is 3.42. The summed E-state index contributed by atoms with van der Waals surface area (Å²) in [5.74, 6) is -0.127. The first-order valence-corrected chi connectivity index (χ1v) is 4.95. The summed E-state index contributed by atoms with van der Waals surface area (Å²) in [6.45, 7) is 0.976. The van der Waals surface area contributed by atoms with E-state index >= 15 is 0 Å². The van der Waals surface area contributed by atoms with Crippen LogP contribution in [0.5, 0.6) is 5.75 Å². The summed E-state index contributed by atoms with van der Waals surface area (Å²) in [5.41, 5.74) is 10.8. The Kier molecular flexibility index (Phi) is 4.39. The Balaban J connectivity index is 2.82. The monoisotopic (exact) mass is 228 g/mol. The molecular formula is C10H13ClN2O2. The van der Waals surface area contributed by atoms with Crippen LogP contribution in [0.4, 0.5) is 0 Å². The van der Waals surface area contributed by atoms with Crippen molar-refractivity contribution < 1.29 is 9.53 Å². The molecule has 5 heteroatoms. The van der Waals surface area contributed by atoms with Crippen molar-refractivity contribution in [1.29, 1.82) is 0 Å². The molecule has 0 saturated carbocycles. The topological polar surface area (TPSA) is 78.3 Å². The van der Waals surface area contributed by atoms with Crippen LogP contribution in [-0.2, 0) is 0 Å². The number of rotatable bonds is 5. The Hall–Kier alpha value is -1.26. The third-order valence-electron chi connectivity index (χ3n) is 1.82. The lowest BCUT2D eigenvalue weighted by Crippen LogP contribution is -2.14. The van der Waals surface area contributed by atoms with Crippen molar-refractivity contribution in [1.82, 2.24) is 0 Å². The minimum Gasteiger partial charge on any atom is -0.493 e. The molecule has 4 nitrogen and oxygen atoms in total. The van der Waals surface area contributed by atoms with E-state index in [1.807, 2.05) is 0 Å². The Morgan fingerprint density at radius 3 is 2.80 bits per heavy atom. The highest BCUT2D eigenvalue weighted by Gasteiger charge is 2.09. The van der Waals surface area contributed by atoms with E-state index in [1.165, 1.54) is 0 Å². The van der Waals surface area contributed by atoms with Crippen LogP contribution in [0.3, 0.4) is 0 Å². The van der Waals surface area contributed by atoms with Crippen molar-refractivity contribution in [3.8, 4) is 5.75 Å². The molecule has 0 aliphatic heterocycles. The summed E-state index contributed by atoms with van der Waals surface area (Å²) in [6.07, 6.45) is 0.713. The summed E-state index contributed by atoms with van der Waals surface area (Å²) in [5, 5.41) is 0.503. The van der Waals surface area contributed by atoms with Crippen molar-refractivity contribution in [2.24, 2.45) is 11.5 Å². The van der Waals surface area contributed by atoms with Crippen LogP contribution in [0.15, 0.2) is 18.2 Å². The van der Waals surface area contributed by atoms with Crippen LogP contribution in [0, 0.1) is 0 Å². The molecule has 0 saturated heterocycles. The number of hydrogen-bond donors (Lipinski definition) is 2. The third-order valence-corrected chi connectivity index (χ3v) is 2.05. The van der Waals surface area contributed by atoms with Gasteiger partial charge in [0, 0.05) is 5.02 Å². The molecule has 1 aromatic carbocycles. The van der Waals surface area contributed by atoms with Gasteiger partial charge >= 0.3 is 0 Å². The van der Waals surface area contributed by atoms with Crippen molar-refractivity contribution >= 4 is 17.5 Å². The minimum absolute atomic E-state index is 0.330. The average Bonchev–Trinajstić information content (AvgIpc) is 2.18. The van der Waals surface area contributed by atoms with Crippen molar-refractivity contribution in [2.75, 3.05) is 13.2 Å². The summed E-state index contributed by atoms with van der Waals surface area (Å²) in [4.78, 5) is 11.0.